The zero-order valence-electron chi connectivity index (χ0n) is 13.9. The zero-order chi connectivity index (χ0) is 20.3. The van der Waals surface area contributed by atoms with Crippen molar-refractivity contribution in [2.24, 2.45) is 5.16 Å². The van der Waals surface area contributed by atoms with Crippen molar-refractivity contribution in [3.05, 3.63) is 32.7 Å². The van der Waals surface area contributed by atoms with E-state index < -0.39 is 3.79 Å². The maximum atomic E-state index is 6.18. The molecule has 0 aliphatic carbocycles. The molecule has 0 aliphatic heterocycles. The van der Waals surface area contributed by atoms with E-state index in [0.29, 0.717) is 34.6 Å². The molecule has 0 unspecified atom stereocenters. The number of oxime groups is 1. The maximum Gasteiger partial charge on any atom is 0.226 e. The van der Waals surface area contributed by atoms with Crippen molar-refractivity contribution in [2.45, 2.75) is 23.1 Å². The van der Waals surface area contributed by atoms with Gasteiger partial charge in [-0.3, -0.25) is 0 Å². The van der Waals surface area contributed by atoms with Crippen LogP contribution in [0.25, 0.3) is 0 Å². The third kappa shape index (κ3) is 12.3. The number of rotatable bonds is 11. The lowest BCUT2D eigenvalue weighted by atomic mass is 10.2. The van der Waals surface area contributed by atoms with Crippen LogP contribution in [-0.4, -0.2) is 29.8 Å². The third-order valence-electron chi connectivity index (χ3n) is 2.81. The number of alkyl halides is 3. The molecule has 1 rings (SSSR count). The van der Waals surface area contributed by atoms with Gasteiger partial charge in [-0.25, -0.2) is 0 Å². The van der Waals surface area contributed by atoms with Gasteiger partial charge >= 0.3 is 0 Å². The number of nitrogens with zero attached hydrogens (tertiary/aromatic N) is 1. The Morgan fingerprint density at radius 1 is 1.04 bits per heavy atom. The number of unbranched alkanes of at least 4 members (excludes halogenated alkanes) is 2. The van der Waals surface area contributed by atoms with Gasteiger partial charge in [-0.05, 0) is 25.3 Å². The molecule has 4 nitrogen and oxygen atoms in total. The highest BCUT2D eigenvalue weighted by molar-refractivity contribution is 6.67. The molecule has 0 spiro atoms. The zero-order valence-corrected chi connectivity index (χ0v) is 19.2. The lowest BCUT2D eigenvalue weighted by molar-refractivity contribution is 0.150. The first-order valence-electron chi connectivity index (χ1n) is 7.65. The minimum absolute atomic E-state index is 0.108. The fraction of sp³-hybridized carbons (Fsp3) is 0.438. The molecular weight excluding hydrogens is 502 g/mol. The summed E-state index contributed by atoms with van der Waals surface area (Å²) in [5.41, 5.74) is 0. The van der Waals surface area contributed by atoms with E-state index in [2.05, 4.69) is 5.16 Å². The molecule has 0 atom stereocenters. The average molecular weight is 518 g/mol. The Kier molecular flexibility index (Phi) is 12.4. The van der Waals surface area contributed by atoms with Crippen LogP contribution in [0.5, 0.6) is 11.5 Å². The molecule has 1 aromatic carbocycles. The SMILES string of the molecule is ClC(Cl)=CCOc1cc(Cl)c(OCCCC/C=N/OCC(Cl)(Cl)Cl)c(Cl)c1. The molecule has 0 amide bonds. The van der Waals surface area contributed by atoms with Crippen LogP contribution in [0, 0.1) is 0 Å². The number of hydrogen-bond acceptors (Lipinski definition) is 4. The Bertz CT molecular complexity index is 620. The van der Waals surface area contributed by atoms with Crippen molar-refractivity contribution >= 4 is 87.4 Å². The standard InChI is InChI=1S/C16H16Cl7NO3/c17-12-8-11(25-7-4-14(19)20)9-13(18)15(12)26-6-3-1-2-5-24-27-10-16(21,22)23/h4-5,8-9H,1-3,6-7,10H2/b24-5+. The summed E-state index contributed by atoms with van der Waals surface area (Å²) in [7, 11) is 0. The van der Waals surface area contributed by atoms with Gasteiger partial charge < -0.3 is 14.3 Å². The quantitative estimate of drug-likeness (QED) is 0.131. The molecule has 0 bridgehead atoms. The summed E-state index contributed by atoms with van der Waals surface area (Å²) in [6.45, 7) is 0.526. The minimum Gasteiger partial charge on any atom is -0.490 e. The summed E-state index contributed by atoms with van der Waals surface area (Å²) < 4.78 is 9.70. The largest absolute Gasteiger partial charge is 0.490 e. The maximum absolute atomic E-state index is 6.18. The molecule has 11 heteroatoms. The summed E-state index contributed by atoms with van der Waals surface area (Å²) in [5, 5.41) is 4.38. The molecule has 27 heavy (non-hydrogen) atoms. The first kappa shape index (κ1) is 25.1. The topological polar surface area (TPSA) is 40.0 Å². The second kappa shape index (κ2) is 13.3. The van der Waals surface area contributed by atoms with Crippen molar-refractivity contribution < 1.29 is 14.3 Å². The highest BCUT2D eigenvalue weighted by Gasteiger charge is 2.20. The predicted octanol–water partition coefficient (Wildman–Crippen LogP) is 7.61. The van der Waals surface area contributed by atoms with Crippen molar-refractivity contribution in [1.29, 1.82) is 0 Å². The summed E-state index contributed by atoms with van der Waals surface area (Å²) >= 11 is 39.9. The number of benzene rings is 1. The molecule has 1 aromatic rings. The Morgan fingerprint density at radius 2 is 1.70 bits per heavy atom. The van der Waals surface area contributed by atoms with Gasteiger partial charge in [0.05, 0.1) is 16.7 Å². The van der Waals surface area contributed by atoms with Crippen molar-refractivity contribution in [3.63, 3.8) is 0 Å². The average Bonchev–Trinajstić information content (AvgIpc) is 2.54. The van der Waals surface area contributed by atoms with E-state index in [1.165, 1.54) is 6.08 Å². The first-order valence-corrected chi connectivity index (χ1v) is 10.3. The van der Waals surface area contributed by atoms with E-state index in [-0.39, 0.29) is 17.7 Å². The van der Waals surface area contributed by atoms with Crippen LogP contribution in [0.4, 0.5) is 0 Å². The number of halogens is 7. The first-order chi connectivity index (χ1) is 12.7. The van der Waals surface area contributed by atoms with E-state index in [9.17, 15) is 0 Å². The normalized spacial score (nSPS) is 11.5. The molecule has 0 heterocycles. The van der Waals surface area contributed by atoms with E-state index in [4.69, 9.17) is 95.5 Å². The van der Waals surface area contributed by atoms with Crippen LogP contribution in [0.15, 0.2) is 27.9 Å². The summed E-state index contributed by atoms with van der Waals surface area (Å²) in [4.78, 5) is 4.83. The Labute approximate surface area is 193 Å². The minimum atomic E-state index is -1.47. The van der Waals surface area contributed by atoms with E-state index >= 15 is 0 Å². The van der Waals surface area contributed by atoms with Gasteiger partial charge in [-0.1, -0.05) is 86.4 Å². The third-order valence-corrected chi connectivity index (χ3v) is 4.01. The Morgan fingerprint density at radius 3 is 2.30 bits per heavy atom. The van der Waals surface area contributed by atoms with Crippen LogP contribution in [0.1, 0.15) is 19.3 Å². The van der Waals surface area contributed by atoms with E-state index in [0.717, 1.165) is 12.8 Å². The molecule has 0 aliphatic rings. The van der Waals surface area contributed by atoms with E-state index in [1.807, 2.05) is 0 Å². The fourth-order valence-electron chi connectivity index (χ4n) is 1.69. The Balaban J connectivity index is 2.32. The lowest BCUT2D eigenvalue weighted by Crippen LogP contribution is -2.10. The van der Waals surface area contributed by atoms with Gasteiger partial charge in [0.1, 0.15) is 16.8 Å². The predicted molar refractivity (Wildman–Crippen MR) is 116 cm³/mol. The molecule has 0 saturated heterocycles. The second-order valence-corrected chi connectivity index (χ2v) is 9.38. The second-order valence-electron chi connectivity index (χ2n) is 5.04. The summed E-state index contributed by atoms with van der Waals surface area (Å²) in [6.07, 6.45) is 5.38. The van der Waals surface area contributed by atoms with Crippen molar-refractivity contribution in [1.82, 2.24) is 0 Å². The lowest BCUT2D eigenvalue weighted by Gasteiger charge is -2.12. The van der Waals surface area contributed by atoms with E-state index in [1.54, 1.807) is 18.3 Å². The van der Waals surface area contributed by atoms with Gasteiger partial charge in [0, 0.05) is 18.3 Å². The molecule has 0 saturated carbocycles. The van der Waals surface area contributed by atoms with Gasteiger partial charge in [-0.2, -0.15) is 0 Å². The van der Waals surface area contributed by atoms with Gasteiger partial charge in [0.2, 0.25) is 3.79 Å². The summed E-state index contributed by atoms with van der Waals surface area (Å²) in [6, 6.07) is 3.21. The highest BCUT2D eigenvalue weighted by atomic mass is 35.6. The van der Waals surface area contributed by atoms with Gasteiger partial charge in [0.25, 0.3) is 0 Å². The van der Waals surface area contributed by atoms with Crippen LogP contribution in [0.2, 0.25) is 10.0 Å². The highest BCUT2D eigenvalue weighted by Crippen LogP contribution is 2.37. The van der Waals surface area contributed by atoms with Crippen LogP contribution < -0.4 is 9.47 Å². The molecule has 0 radical (unpaired) electrons. The van der Waals surface area contributed by atoms with Crippen LogP contribution in [0.3, 0.4) is 0 Å². The molecule has 0 fully saturated rings. The molecule has 0 N–H and O–H groups in total. The van der Waals surface area contributed by atoms with Gasteiger partial charge in [-0.15, -0.1) is 0 Å². The number of ether oxygens (including phenoxy) is 2. The van der Waals surface area contributed by atoms with Crippen LogP contribution >= 0.6 is 81.2 Å². The smallest absolute Gasteiger partial charge is 0.226 e. The molecular formula is C16H16Cl7NO3. The monoisotopic (exact) mass is 515 g/mol. The van der Waals surface area contributed by atoms with Crippen LogP contribution in [-0.2, 0) is 4.84 Å². The molecule has 152 valence electrons. The Hall–Kier alpha value is 0.0600. The fourth-order valence-corrected chi connectivity index (χ4v) is 2.54. The molecule has 0 aromatic heterocycles. The van der Waals surface area contributed by atoms with Crippen molar-refractivity contribution in [2.75, 3.05) is 19.8 Å². The van der Waals surface area contributed by atoms with Gasteiger partial charge in [0.15, 0.2) is 12.4 Å². The number of hydrogen-bond donors (Lipinski definition) is 0. The summed E-state index contributed by atoms with van der Waals surface area (Å²) in [5.74, 6) is 0.880. The van der Waals surface area contributed by atoms with Crippen molar-refractivity contribution in [3.8, 4) is 11.5 Å².